The summed E-state index contributed by atoms with van der Waals surface area (Å²) in [5.74, 6) is 0.269. The molecule has 2 rings (SSSR count). The van der Waals surface area contributed by atoms with Gasteiger partial charge in [0.1, 0.15) is 5.75 Å². The predicted octanol–water partition coefficient (Wildman–Crippen LogP) is 4.04. The Kier molecular flexibility index (Phi) is 6.08. The van der Waals surface area contributed by atoms with Crippen molar-refractivity contribution in [2.24, 2.45) is 0 Å². The van der Waals surface area contributed by atoms with E-state index in [1.807, 2.05) is 13.0 Å². The summed E-state index contributed by atoms with van der Waals surface area (Å²) in [6, 6.07) is 13.2. The number of non-ortho nitro benzene ring substituents is 1. The standard InChI is InChI=1S/C18H18N2O4/c1-2-12-24-17-9-4-3-8-16(17)19-18(21)11-10-14-6-5-7-15(13-14)20(22)23/h3-11,13H,2,12H2,1H3,(H,19,21). The minimum Gasteiger partial charge on any atom is -0.491 e. The lowest BCUT2D eigenvalue weighted by molar-refractivity contribution is -0.384. The fourth-order valence-corrected chi connectivity index (χ4v) is 2.00. The van der Waals surface area contributed by atoms with Crippen LogP contribution in [-0.2, 0) is 4.79 Å². The minimum absolute atomic E-state index is 0.0177. The molecule has 6 heteroatoms. The summed E-state index contributed by atoms with van der Waals surface area (Å²) >= 11 is 0. The van der Waals surface area contributed by atoms with Crippen LogP contribution in [0.3, 0.4) is 0 Å². The number of benzene rings is 2. The zero-order valence-electron chi connectivity index (χ0n) is 13.3. The van der Waals surface area contributed by atoms with Crippen molar-refractivity contribution in [2.75, 3.05) is 11.9 Å². The fourth-order valence-electron chi connectivity index (χ4n) is 2.00. The van der Waals surface area contributed by atoms with Crippen molar-refractivity contribution >= 4 is 23.4 Å². The smallest absolute Gasteiger partial charge is 0.270 e. The Morgan fingerprint density at radius 1 is 1.25 bits per heavy atom. The number of rotatable bonds is 7. The molecule has 24 heavy (non-hydrogen) atoms. The summed E-state index contributed by atoms with van der Waals surface area (Å²) in [6.07, 6.45) is 3.72. The largest absolute Gasteiger partial charge is 0.491 e. The summed E-state index contributed by atoms with van der Waals surface area (Å²) in [6.45, 7) is 2.57. The molecule has 0 aliphatic carbocycles. The van der Waals surface area contributed by atoms with E-state index >= 15 is 0 Å². The first-order valence-electron chi connectivity index (χ1n) is 7.55. The Labute approximate surface area is 139 Å². The number of anilines is 1. The van der Waals surface area contributed by atoms with Crippen LogP contribution in [0.1, 0.15) is 18.9 Å². The molecule has 0 saturated carbocycles. The second-order valence-corrected chi connectivity index (χ2v) is 5.02. The molecule has 0 fully saturated rings. The first kappa shape index (κ1) is 17.2. The van der Waals surface area contributed by atoms with E-state index in [-0.39, 0.29) is 11.6 Å². The maximum atomic E-state index is 12.0. The van der Waals surface area contributed by atoms with Crippen LogP contribution >= 0.6 is 0 Å². The second-order valence-electron chi connectivity index (χ2n) is 5.02. The number of hydrogen-bond donors (Lipinski definition) is 1. The van der Waals surface area contributed by atoms with E-state index in [4.69, 9.17) is 4.74 Å². The lowest BCUT2D eigenvalue weighted by atomic mass is 10.2. The van der Waals surface area contributed by atoms with Gasteiger partial charge in [0.25, 0.3) is 5.69 Å². The molecule has 0 radical (unpaired) electrons. The van der Waals surface area contributed by atoms with Gasteiger partial charge in [-0.25, -0.2) is 0 Å². The van der Waals surface area contributed by atoms with E-state index in [2.05, 4.69) is 5.32 Å². The number of amides is 1. The molecule has 2 aromatic rings. The van der Waals surface area contributed by atoms with Gasteiger partial charge in [-0.05, 0) is 30.2 Å². The topological polar surface area (TPSA) is 81.5 Å². The second kappa shape index (κ2) is 8.47. The van der Waals surface area contributed by atoms with Gasteiger partial charge in [0.15, 0.2) is 0 Å². The molecule has 0 bridgehead atoms. The molecule has 0 atom stereocenters. The number of para-hydroxylation sites is 2. The van der Waals surface area contributed by atoms with Gasteiger partial charge in [-0.2, -0.15) is 0 Å². The Morgan fingerprint density at radius 3 is 2.79 bits per heavy atom. The molecule has 2 aromatic carbocycles. The molecular weight excluding hydrogens is 308 g/mol. The van der Waals surface area contributed by atoms with Gasteiger partial charge in [0.2, 0.25) is 5.91 Å². The first-order valence-corrected chi connectivity index (χ1v) is 7.55. The molecule has 0 aliphatic rings. The Balaban J connectivity index is 2.05. The van der Waals surface area contributed by atoms with Crippen LogP contribution in [-0.4, -0.2) is 17.4 Å². The number of nitro groups is 1. The van der Waals surface area contributed by atoms with Gasteiger partial charge in [0.05, 0.1) is 17.2 Å². The van der Waals surface area contributed by atoms with Crippen molar-refractivity contribution in [2.45, 2.75) is 13.3 Å². The van der Waals surface area contributed by atoms with Crippen molar-refractivity contribution in [3.63, 3.8) is 0 Å². The number of carbonyl (C=O) groups excluding carboxylic acids is 1. The number of carbonyl (C=O) groups is 1. The summed E-state index contributed by atoms with van der Waals surface area (Å²) in [4.78, 5) is 22.3. The molecule has 124 valence electrons. The molecule has 0 heterocycles. The molecule has 1 N–H and O–H groups in total. The molecule has 1 amide bonds. The molecule has 0 saturated heterocycles. The highest BCUT2D eigenvalue weighted by Gasteiger charge is 2.06. The van der Waals surface area contributed by atoms with Crippen LogP contribution in [0.5, 0.6) is 5.75 Å². The Hall–Kier alpha value is -3.15. The van der Waals surface area contributed by atoms with Crippen molar-refractivity contribution in [3.05, 3.63) is 70.3 Å². The third kappa shape index (κ3) is 4.95. The van der Waals surface area contributed by atoms with Crippen LogP contribution in [0, 0.1) is 10.1 Å². The molecule has 0 aromatic heterocycles. The van der Waals surface area contributed by atoms with Crippen LogP contribution < -0.4 is 10.1 Å². The van der Waals surface area contributed by atoms with Crippen LogP contribution in [0.2, 0.25) is 0 Å². The molecule has 0 unspecified atom stereocenters. The third-order valence-corrected chi connectivity index (χ3v) is 3.11. The maximum absolute atomic E-state index is 12.0. The number of nitro benzene ring substituents is 1. The van der Waals surface area contributed by atoms with Gasteiger partial charge >= 0.3 is 0 Å². The highest BCUT2D eigenvalue weighted by molar-refractivity contribution is 6.02. The lowest BCUT2D eigenvalue weighted by Gasteiger charge is -2.10. The van der Waals surface area contributed by atoms with Crippen molar-refractivity contribution in [1.29, 1.82) is 0 Å². The predicted molar refractivity (Wildman–Crippen MR) is 93.0 cm³/mol. The van der Waals surface area contributed by atoms with E-state index in [1.165, 1.54) is 24.3 Å². The average Bonchev–Trinajstić information content (AvgIpc) is 2.59. The molecular formula is C18H18N2O4. The van der Waals surface area contributed by atoms with Crippen LogP contribution in [0.4, 0.5) is 11.4 Å². The van der Waals surface area contributed by atoms with Crippen LogP contribution in [0.25, 0.3) is 6.08 Å². The number of nitrogens with zero attached hydrogens (tertiary/aromatic N) is 1. The maximum Gasteiger partial charge on any atom is 0.270 e. The summed E-state index contributed by atoms with van der Waals surface area (Å²) in [5, 5.41) is 13.5. The Bertz CT molecular complexity index is 756. The van der Waals surface area contributed by atoms with Crippen molar-refractivity contribution < 1.29 is 14.5 Å². The average molecular weight is 326 g/mol. The summed E-state index contributed by atoms with van der Waals surface area (Å²) < 4.78 is 5.58. The number of ether oxygens (including phenoxy) is 1. The number of nitrogens with one attached hydrogen (secondary N) is 1. The minimum atomic E-state index is -0.473. The molecule has 6 nitrogen and oxygen atoms in total. The van der Waals surface area contributed by atoms with E-state index in [0.29, 0.717) is 23.6 Å². The van der Waals surface area contributed by atoms with Gasteiger partial charge in [0, 0.05) is 18.2 Å². The van der Waals surface area contributed by atoms with Gasteiger partial charge < -0.3 is 10.1 Å². The van der Waals surface area contributed by atoms with Gasteiger partial charge in [-0.3, -0.25) is 14.9 Å². The van der Waals surface area contributed by atoms with E-state index in [1.54, 1.807) is 30.3 Å². The van der Waals surface area contributed by atoms with E-state index in [0.717, 1.165) is 6.42 Å². The SMILES string of the molecule is CCCOc1ccccc1NC(=O)C=Cc1cccc([N+](=O)[O-])c1. The fraction of sp³-hybridized carbons (Fsp3) is 0.167. The Morgan fingerprint density at radius 2 is 2.04 bits per heavy atom. The quantitative estimate of drug-likeness (QED) is 0.473. The van der Waals surface area contributed by atoms with Crippen LogP contribution in [0.15, 0.2) is 54.6 Å². The molecule has 0 spiro atoms. The summed E-state index contributed by atoms with van der Waals surface area (Å²) in [7, 11) is 0. The van der Waals surface area contributed by atoms with Gasteiger partial charge in [-0.15, -0.1) is 0 Å². The van der Waals surface area contributed by atoms with Gasteiger partial charge in [-0.1, -0.05) is 31.2 Å². The highest BCUT2D eigenvalue weighted by atomic mass is 16.6. The zero-order chi connectivity index (χ0) is 17.4. The summed E-state index contributed by atoms with van der Waals surface area (Å²) in [5.41, 5.74) is 1.14. The monoisotopic (exact) mass is 326 g/mol. The molecule has 0 aliphatic heterocycles. The van der Waals surface area contributed by atoms with E-state index < -0.39 is 4.92 Å². The first-order chi connectivity index (χ1) is 11.6. The lowest BCUT2D eigenvalue weighted by Crippen LogP contribution is -2.09. The highest BCUT2D eigenvalue weighted by Crippen LogP contribution is 2.24. The van der Waals surface area contributed by atoms with Crippen molar-refractivity contribution in [1.82, 2.24) is 0 Å². The normalized spacial score (nSPS) is 10.5. The zero-order valence-corrected chi connectivity index (χ0v) is 13.3. The van der Waals surface area contributed by atoms with E-state index in [9.17, 15) is 14.9 Å². The van der Waals surface area contributed by atoms with Crippen molar-refractivity contribution in [3.8, 4) is 5.75 Å². The number of hydrogen-bond acceptors (Lipinski definition) is 4. The third-order valence-electron chi connectivity index (χ3n) is 3.11.